The Bertz CT molecular complexity index is 1250. The molecule has 2 aromatic heterocycles. The number of amides is 4. The van der Waals surface area contributed by atoms with Crippen LogP contribution in [-0.4, -0.2) is 45.9 Å². The van der Waals surface area contributed by atoms with E-state index in [0.29, 0.717) is 11.1 Å². The van der Waals surface area contributed by atoms with Gasteiger partial charge in [-0.3, -0.25) is 19.8 Å². The summed E-state index contributed by atoms with van der Waals surface area (Å²) in [6, 6.07) is 1.05. The molecule has 1 saturated heterocycles. The Balaban J connectivity index is 1.76. The monoisotopic (exact) mass is 497 g/mol. The summed E-state index contributed by atoms with van der Waals surface area (Å²) < 4.78 is 7.26. The van der Waals surface area contributed by atoms with Crippen molar-refractivity contribution in [2.75, 3.05) is 6.61 Å². The van der Waals surface area contributed by atoms with Gasteiger partial charge in [-0.05, 0) is 70.7 Å². The summed E-state index contributed by atoms with van der Waals surface area (Å²) in [6.45, 7) is 9.71. The molecule has 9 heteroatoms. The molecule has 3 heterocycles. The summed E-state index contributed by atoms with van der Waals surface area (Å²) in [5.74, 6) is -1.61. The average molecular weight is 498 g/mol. The fourth-order valence-electron chi connectivity index (χ4n) is 4.95. The van der Waals surface area contributed by atoms with E-state index in [0.717, 1.165) is 58.9 Å². The third-order valence-electron chi connectivity index (χ3n) is 6.89. The van der Waals surface area contributed by atoms with Gasteiger partial charge in [-0.15, -0.1) is 11.3 Å². The Hall–Kier alpha value is -3.20. The van der Waals surface area contributed by atoms with Crippen molar-refractivity contribution in [3.63, 3.8) is 0 Å². The van der Waals surface area contributed by atoms with E-state index >= 15 is 0 Å². The highest BCUT2D eigenvalue weighted by atomic mass is 32.1. The molecule has 4 amide bonds. The van der Waals surface area contributed by atoms with Crippen molar-refractivity contribution in [3.05, 3.63) is 44.6 Å². The number of ether oxygens (including phenoxy) is 1. The van der Waals surface area contributed by atoms with Gasteiger partial charge in [0, 0.05) is 22.3 Å². The highest BCUT2D eigenvalue weighted by molar-refractivity contribution is 7.15. The normalized spacial score (nSPS) is 18.4. The van der Waals surface area contributed by atoms with Crippen molar-refractivity contribution in [3.8, 4) is 5.00 Å². The topological polar surface area (TPSA) is 97.7 Å². The van der Waals surface area contributed by atoms with E-state index in [-0.39, 0.29) is 24.2 Å². The zero-order chi connectivity index (χ0) is 25.4. The number of aryl methyl sites for hydroxylation is 2. The van der Waals surface area contributed by atoms with Gasteiger partial charge in [-0.1, -0.05) is 19.3 Å². The van der Waals surface area contributed by atoms with Gasteiger partial charge in [0.2, 0.25) is 0 Å². The molecule has 1 N–H and O–H groups in total. The van der Waals surface area contributed by atoms with Gasteiger partial charge in [-0.25, -0.2) is 9.59 Å². The van der Waals surface area contributed by atoms with Crippen LogP contribution >= 0.6 is 11.3 Å². The number of nitrogens with zero attached hydrogens (tertiary/aromatic N) is 2. The van der Waals surface area contributed by atoms with Crippen LogP contribution in [0.25, 0.3) is 11.1 Å². The summed E-state index contributed by atoms with van der Waals surface area (Å²) >= 11 is 1.50. The van der Waals surface area contributed by atoms with Gasteiger partial charge in [-0.2, -0.15) is 0 Å². The average Bonchev–Trinajstić information content (AvgIpc) is 3.25. The second-order valence-corrected chi connectivity index (χ2v) is 10.3. The lowest BCUT2D eigenvalue weighted by atomic mass is 9.93. The molecule has 0 spiro atoms. The minimum absolute atomic E-state index is 0.0559. The molecule has 0 aromatic carbocycles. The molecule has 0 bridgehead atoms. The van der Waals surface area contributed by atoms with Crippen molar-refractivity contribution in [2.24, 2.45) is 0 Å². The van der Waals surface area contributed by atoms with E-state index in [1.54, 1.807) is 13.0 Å². The smallest absolute Gasteiger partial charge is 0.341 e. The fraction of sp³-hybridized carbons (Fsp3) is 0.462. The number of urea groups is 1. The van der Waals surface area contributed by atoms with Crippen LogP contribution in [0.15, 0.2) is 11.6 Å². The van der Waals surface area contributed by atoms with Crippen molar-refractivity contribution in [1.82, 2.24) is 14.8 Å². The molecule has 35 heavy (non-hydrogen) atoms. The number of aromatic nitrogens is 1. The van der Waals surface area contributed by atoms with Crippen LogP contribution in [0.4, 0.5) is 4.79 Å². The Morgan fingerprint density at radius 1 is 1.14 bits per heavy atom. The SMILES string of the molecule is CCOC(=O)c1c(-n2c(C)cc(C=C3C(=O)NC(=O)N(C4CCCCC4)C3=O)c2C)sc(C)c1C. The first-order chi connectivity index (χ1) is 16.6. The first-order valence-electron chi connectivity index (χ1n) is 12.0. The molecule has 4 rings (SSSR count). The third-order valence-corrected chi connectivity index (χ3v) is 8.08. The zero-order valence-electron chi connectivity index (χ0n) is 20.8. The van der Waals surface area contributed by atoms with Crippen LogP contribution in [-0.2, 0) is 14.3 Å². The van der Waals surface area contributed by atoms with Crippen molar-refractivity contribution >= 4 is 41.2 Å². The standard InChI is InChI=1S/C26H31N3O5S/c1-6-34-25(32)21-15(3)17(5)35-24(21)28-14(2)12-18(16(28)4)13-20-22(30)27-26(33)29(23(20)31)19-10-8-7-9-11-19/h12-13,19H,6-11H2,1-5H3,(H,27,30,33). The van der Waals surface area contributed by atoms with Gasteiger partial charge in [0.15, 0.2) is 0 Å². The Kier molecular flexibility index (Phi) is 6.98. The molecule has 1 saturated carbocycles. The summed E-state index contributed by atoms with van der Waals surface area (Å²) in [4.78, 5) is 53.5. The third kappa shape index (κ3) is 4.45. The van der Waals surface area contributed by atoms with Crippen LogP contribution in [0.1, 0.15) is 76.8 Å². The van der Waals surface area contributed by atoms with E-state index in [1.807, 2.05) is 38.3 Å². The Morgan fingerprint density at radius 3 is 2.49 bits per heavy atom. The van der Waals surface area contributed by atoms with Gasteiger partial charge in [0.1, 0.15) is 10.6 Å². The zero-order valence-corrected chi connectivity index (χ0v) is 21.6. The molecule has 0 atom stereocenters. The molecule has 2 aliphatic rings. The highest BCUT2D eigenvalue weighted by Gasteiger charge is 2.40. The molecule has 8 nitrogen and oxygen atoms in total. The number of esters is 1. The molecule has 2 aromatic rings. The maximum atomic E-state index is 13.3. The summed E-state index contributed by atoms with van der Waals surface area (Å²) in [7, 11) is 0. The van der Waals surface area contributed by atoms with Crippen molar-refractivity contribution < 1.29 is 23.9 Å². The van der Waals surface area contributed by atoms with E-state index < -0.39 is 17.8 Å². The Labute approximate surface area is 208 Å². The van der Waals surface area contributed by atoms with E-state index in [1.165, 1.54) is 16.2 Å². The largest absolute Gasteiger partial charge is 0.462 e. The first kappa shape index (κ1) is 24.9. The van der Waals surface area contributed by atoms with Crippen LogP contribution in [0, 0.1) is 27.7 Å². The quantitative estimate of drug-likeness (QED) is 0.365. The van der Waals surface area contributed by atoms with E-state index in [9.17, 15) is 19.2 Å². The van der Waals surface area contributed by atoms with E-state index in [4.69, 9.17) is 4.74 Å². The fourth-order valence-corrected chi connectivity index (χ4v) is 6.21. The number of imide groups is 2. The number of carbonyl (C=O) groups excluding carboxylic acids is 4. The predicted octanol–water partition coefficient (Wildman–Crippen LogP) is 4.74. The molecule has 0 unspecified atom stereocenters. The molecule has 0 radical (unpaired) electrons. The van der Waals surface area contributed by atoms with Crippen LogP contribution in [0.3, 0.4) is 0 Å². The maximum Gasteiger partial charge on any atom is 0.341 e. The van der Waals surface area contributed by atoms with Crippen LogP contribution in [0.2, 0.25) is 0 Å². The second kappa shape index (κ2) is 9.81. The maximum absolute atomic E-state index is 13.3. The lowest BCUT2D eigenvalue weighted by Gasteiger charge is -2.35. The molecular formula is C26H31N3O5S. The lowest BCUT2D eigenvalue weighted by Crippen LogP contribution is -2.58. The van der Waals surface area contributed by atoms with Gasteiger partial charge >= 0.3 is 12.0 Å². The number of thiophene rings is 1. The van der Waals surface area contributed by atoms with Crippen LogP contribution in [0.5, 0.6) is 0 Å². The van der Waals surface area contributed by atoms with E-state index in [2.05, 4.69) is 5.32 Å². The second-order valence-electron chi connectivity index (χ2n) is 9.13. The Morgan fingerprint density at radius 2 is 1.83 bits per heavy atom. The number of rotatable bonds is 5. The highest BCUT2D eigenvalue weighted by Crippen LogP contribution is 2.35. The van der Waals surface area contributed by atoms with Gasteiger partial charge < -0.3 is 9.30 Å². The lowest BCUT2D eigenvalue weighted by molar-refractivity contribution is -0.132. The van der Waals surface area contributed by atoms with Crippen molar-refractivity contribution in [1.29, 1.82) is 0 Å². The number of hydrogen-bond donors (Lipinski definition) is 1. The molecule has 2 fully saturated rings. The van der Waals surface area contributed by atoms with Gasteiger partial charge in [0.25, 0.3) is 11.8 Å². The minimum atomic E-state index is -0.688. The number of barbiturate groups is 1. The first-order valence-corrected chi connectivity index (χ1v) is 12.8. The minimum Gasteiger partial charge on any atom is -0.462 e. The summed E-state index contributed by atoms with van der Waals surface area (Å²) in [6.07, 6.45) is 6.06. The van der Waals surface area contributed by atoms with Crippen molar-refractivity contribution in [2.45, 2.75) is 72.8 Å². The van der Waals surface area contributed by atoms with Crippen LogP contribution < -0.4 is 5.32 Å². The molecule has 186 valence electrons. The molecule has 1 aliphatic carbocycles. The molecule has 1 aliphatic heterocycles. The molecular weight excluding hydrogens is 466 g/mol. The number of nitrogens with one attached hydrogen (secondary N) is 1. The number of carbonyl (C=O) groups is 4. The number of hydrogen-bond acceptors (Lipinski definition) is 6. The van der Waals surface area contributed by atoms with Gasteiger partial charge in [0.05, 0.1) is 12.2 Å². The summed E-state index contributed by atoms with van der Waals surface area (Å²) in [5, 5.41) is 3.09. The summed E-state index contributed by atoms with van der Waals surface area (Å²) in [5.41, 5.74) is 3.65. The predicted molar refractivity (Wildman–Crippen MR) is 134 cm³/mol.